The summed E-state index contributed by atoms with van der Waals surface area (Å²) in [5, 5.41) is 5.91. The monoisotopic (exact) mass is 489 g/mol. The van der Waals surface area contributed by atoms with Crippen molar-refractivity contribution in [2.45, 2.75) is 12.5 Å². The molecule has 0 radical (unpaired) electrons. The number of hydrogen-bond acceptors (Lipinski definition) is 7. The smallest absolute Gasteiger partial charge is 0.308 e. The van der Waals surface area contributed by atoms with Crippen molar-refractivity contribution >= 4 is 44.5 Å². The first-order valence-corrected chi connectivity index (χ1v) is 11.6. The predicted molar refractivity (Wildman–Crippen MR) is 133 cm³/mol. The lowest BCUT2D eigenvalue weighted by Crippen LogP contribution is -2.31. The molecule has 0 saturated carbocycles. The second-order valence-corrected chi connectivity index (χ2v) is 8.60. The van der Waals surface area contributed by atoms with Gasteiger partial charge in [0.25, 0.3) is 11.8 Å². The number of amides is 2. The zero-order valence-electron chi connectivity index (χ0n) is 18.9. The Morgan fingerprint density at radius 3 is 2.40 bits per heavy atom. The number of esters is 1. The van der Waals surface area contributed by atoms with Gasteiger partial charge < -0.3 is 14.8 Å². The van der Waals surface area contributed by atoms with Crippen LogP contribution in [0.2, 0.25) is 0 Å². The van der Waals surface area contributed by atoms with Crippen LogP contribution in [0.4, 0.5) is 5.13 Å². The van der Waals surface area contributed by atoms with E-state index in [2.05, 4.69) is 15.6 Å². The van der Waals surface area contributed by atoms with Crippen LogP contribution in [0, 0.1) is 0 Å². The molecule has 4 aromatic rings. The molecule has 1 atom stereocenters. The molecule has 4 rings (SSSR count). The summed E-state index contributed by atoms with van der Waals surface area (Å²) in [6.07, 6.45) is -0.128. The molecule has 2 N–H and O–H groups in total. The van der Waals surface area contributed by atoms with Gasteiger partial charge in [-0.25, -0.2) is 4.98 Å². The maximum atomic E-state index is 12.7. The van der Waals surface area contributed by atoms with Crippen LogP contribution in [0.25, 0.3) is 10.2 Å². The Morgan fingerprint density at radius 1 is 0.971 bits per heavy atom. The third-order valence-corrected chi connectivity index (χ3v) is 6.05. The van der Waals surface area contributed by atoms with Gasteiger partial charge in [0.2, 0.25) is 0 Å². The van der Waals surface area contributed by atoms with E-state index in [1.54, 1.807) is 43.5 Å². The van der Waals surface area contributed by atoms with E-state index < -0.39 is 24.5 Å². The highest BCUT2D eigenvalue weighted by molar-refractivity contribution is 7.22. The molecule has 2 amide bonds. The molecule has 0 spiro atoms. The second-order valence-electron chi connectivity index (χ2n) is 7.57. The lowest BCUT2D eigenvalue weighted by Gasteiger charge is -2.18. The van der Waals surface area contributed by atoms with Crippen molar-refractivity contribution < 1.29 is 23.9 Å². The molecule has 1 heterocycles. The maximum Gasteiger partial charge on any atom is 0.308 e. The fourth-order valence-electron chi connectivity index (χ4n) is 3.38. The van der Waals surface area contributed by atoms with Crippen LogP contribution in [0.15, 0.2) is 78.9 Å². The zero-order valence-corrected chi connectivity index (χ0v) is 19.7. The highest BCUT2D eigenvalue weighted by atomic mass is 32.1. The highest BCUT2D eigenvalue weighted by Crippen LogP contribution is 2.29. The Hall–Kier alpha value is -4.24. The first-order chi connectivity index (χ1) is 17.0. The van der Waals surface area contributed by atoms with Crippen molar-refractivity contribution in [2.24, 2.45) is 0 Å². The molecule has 0 bridgehead atoms. The minimum absolute atomic E-state index is 0.128. The topological polar surface area (TPSA) is 107 Å². The first-order valence-electron chi connectivity index (χ1n) is 10.8. The minimum Gasteiger partial charge on any atom is -0.497 e. The van der Waals surface area contributed by atoms with Crippen LogP contribution in [0.1, 0.15) is 28.4 Å². The fourth-order valence-corrected chi connectivity index (χ4v) is 4.29. The van der Waals surface area contributed by atoms with E-state index in [0.717, 1.165) is 15.8 Å². The molecule has 9 heteroatoms. The van der Waals surface area contributed by atoms with Crippen LogP contribution >= 0.6 is 11.3 Å². The lowest BCUT2D eigenvalue weighted by molar-refractivity contribution is -0.147. The first kappa shape index (κ1) is 23.9. The summed E-state index contributed by atoms with van der Waals surface area (Å²) in [6.45, 7) is -0.466. The number of ether oxygens (including phenoxy) is 2. The Kier molecular flexibility index (Phi) is 7.69. The largest absolute Gasteiger partial charge is 0.497 e. The summed E-state index contributed by atoms with van der Waals surface area (Å²) < 4.78 is 11.2. The van der Waals surface area contributed by atoms with E-state index >= 15 is 0 Å². The number of nitrogens with zero attached hydrogens (tertiary/aromatic N) is 1. The molecule has 8 nitrogen and oxygen atoms in total. The molecule has 0 fully saturated rings. The fraction of sp³-hybridized carbons (Fsp3) is 0.154. The van der Waals surface area contributed by atoms with Crippen molar-refractivity contribution in [1.29, 1.82) is 0 Å². The quantitative estimate of drug-likeness (QED) is 0.339. The van der Waals surface area contributed by atoms with E-state index in [4.69, 9.17) is 9.47 Å². The summed E-state index contributed by atoms with van der Waals surface area (Å²) in [5.41, 5.74) is 1.96. The standard InChI is InChI=1S/C26H23N3O5S/c1-33-19-12-13-20-22(14-19)35-26(28-20)29-23(30)16-34-24(31)15-21(17-8-4-2-5-9-17)27-25(32)18-10-6-3-7-11-18/h2-14,21H,15-16H2,1H3,(H,27,32)(H,28,29,30)/t21-/m0/s1. The molecule has 0 aliphatic heterocycles. The number of thiazole rings is 1. The number of carbonyl (C=O) groups excluding carboxylic acids is 3. The second kappa shape index (κ2) is 11.3. The molecule has 35 heavy (non-hydrogen) atoms. The van der Waals surface area contributed by atoms with Crippen LogP contribution in [0.5, 0.6) is 5.75 Å². The molecule has 0 aliphatic rings. The van der Waals surface area contributed by atoms with Crippen molar-refractivity contribution in [1.82, 2.24) is 10.3 Å². The van der Waals surface area contributed by atoms with Gasteiger partial charge in [0.15, 0.2) is 11.7 Å². The number of aromatic nitrogens is 1. The van der Waals surface area contributed by atoms with Crippen LogP contribution in [0.3, 0.4) is 0 Å². The maximum absolute atomic E-state index is 12.7. The highest BCUT2D eigenvalue weighted by Gasteiger charge is 2.21. The van der Waals surface area contributed by atoms with Gasteiger partial charge in [-0.15, -0.1) is 0 Å². The van der Waals surface area contributed by atoms with Gasteiger partial charge in [-0.3, -0.25) is 19.7 Å². The molecule has 1 aromatic heterocycles. The summed E-state index contributed by atoms with van der Waals surface area (Å²) in [7, 11) is 1.58. The SMILES string of the molecule is COc1ccc2nc(NC(=O)COC(=O)C[C@H](NC(=O)c3ccccc3)c3ccccc3)sc2c1. The third kappa shape index (κ3) is 6.42. The summed E-state index contributed by atoms with van der Waals surface area (Å²) >= 11 is 1.29. The van der Waals surface area contributed by atoms with E-state index in [9.17, 15) is 14.4 Å². The van der Waals surface area contributed by atoms with Gasteiger partial charge >= 0.3 is 5.97 Å². The average Bonchev–Trinajstić information content (AvgIpc) is 3.29. The van der Waals surface area contributed by atoms with Crippen molar-refractivity contribution in [3.05, 3.63) is 90.0 Å². The molecule has 0 unspecified atom stereocenters. The van der Waals surface area contributed by atoms with Gasteiger partial charge in [0.1, 0.15) is 5.75 Å². The van der Waals surface area contributed by atoms with E-state index in [-0.39, 0.29) is 12.3 Å². The average molecular weight is 490 g/mol. The summed E-state index contributed by atoms with van der Waals surface area (Å²) in [4.78, 5) is 41.9. The van der Waals surface area contributed by atoms with Gasteiger partial charge in [0.05, 0.1) is 29.8 Å². The van der Waals surface area contributed by atoms with Gasteiger partial charge in [-0.05, 0) is 35.9 Å². The van der Waals surface area contributed by atoms with Crippen molar-refractivity contribution in [3.8, 4) is 5.75 Å². The van der Waals surface area contributed by atoms with Gasteiger partial charge in [-0.2, -0.15) is 0 Å². The lowest BCUT2D eigenvalue weighted by atomic mass is 10.0. The number of rotatable bonds is 9. The summed E-state index contributed by atoms with van der Waals surface area (Å²) in [5.74, 6) is -0.733. The van der Waals surface area contributed by atoms with Gasteiger partial charge in [-0.1, -0.05) is 59.9 Å². The Bertz CT molecular complexity index is 1320. The van der Waals surface area contributed by atoms with Crippen molar-refractivity contribution in [2.75, 3.05) is 19.0 Å². The van der Waals surface area contributed by atoms with Crippen LogP contribution in [-0.4, -0.2) is 36.5 Å². The normalized spacial score (nSPS) is 11.5. The Balaban J connectivity index is 1.35. The van der Waals surface area contributed by atoms with E-state index in [1.165, 1.54) is 11.3 Å². The van der Waals surface area contributed by atoms with E-state index in [0.29, 0.717) is 16.4 Å². The molecule has 0 aliphatic carbocycles. The molecule has 3 aromatic carbocycles. The minimum atomic E-state index is -0.614. The van der Waals surface area contributed by atoms with E-state index in [1.807, 2.05) is 42.5 Å². The Labute approximate surface area is 205 Å². The number of benzene rings is 3. The molecule has 0 saturated heterocycles. The van der Waals surface area contributed by atoms with Crippen LogP contribution in [-0.2, 0) is 14.3 Å². The number of nitrogens with one attached hydrogen (secondary N) is 2. The molecular weight excluding hydrogens is 466 g/mol. The number of hydrogen-bond donors (Lipinski definition) is 2. The number of carbonyl (C=O) groups is 3. The number of anilines is 1. The number of methoxy groups -OCH3 is 1. The summed E-state index contributed by atoms with van der Waals surface area (Å²) in [6, 6.07) is 22.7. The van der Waals surface area contributed by atoms with Gasteiger partial charge in [0, 0.05) is 5.56 Å². The van der Waals surface area contributed by atoms with Crippen molar-refractivity contribution in [3.63, 3.8) is 0 Å². The Morgan fingerprint density at radius 2 is 1.69 bits per heavy atom. The number of fused-ring (bicyclic) bond motifs is 1. The zero-order chi connectivity index (χ0) is 24.6. The molecule has 178 valence electrons. The predicted octanol–water partition coefficient (Wildman–Crippen LogP) is 4.35. The third-order valence-electron chi connectivity index (χ3n) is 5.12. The van der Waals surface area contributed by atoms with Crippen LogP contribution < -0.4 is 15.4 Å². The molecular formula is C26H23N3O5S.